The van der Waals surface area contributed by atoms with Gasteiger partial charge in [0.05, 0.1) is 5.69 Å². The monoisotopic (exact) mass is 161 g/mol. The van der Waals surface area contributed by atoms with Crippen LogP contribution in [0.15, 0.2) is 13.2 Å². The zero-order chi connectivity index (χ0) is 8.97. The molecule has 0 aliphatic carbocycles. The van der Waals surface area contributed by atoms with Gasteiger partial charge in [-0.05, 0) is 12.2 Å². The Morgan fingerprint density at radius 1 is 1.08 bits per heavy atom. The molecule has 0 aliphatic heterocycles. The van der Waals surface area contributed by atoms with Gasteiger partial charge >= 0.3 is 0 Å². The van der Waals surface area contributed by atoms with Gasteiger partial charge in [0, 0.05) is 0 Å². The topological polar surface area (TPSA) is 55.7 Å². The molecule has 1 heterocycles. The third kappa shape index (κ3) is 1.42. The van der Waals surface area contributed by atoms with E-state index in [2.05, 4.69) is 28.3 Å². The lowest BCUT2D eigenvalue weighted by molar-refractivity contribution is 0.111. The second-order valence-electron chi connectivity index (χ2n) is 1.97. The SMILES string of the molecule is C=Cc1nnc(C=O)nc1C=C. The van der Waals surface area contributed by atoms with Crippen LogP contribution in [0.3, 0.4) is 0 Å². The predicted molar refractivity (Wildman–Crippen MR) is 45.4 cm³/mol. The maximum absolute atomic E-state index is 10.2. The summed E-state index contributed by atoms with van der Waals surface area (Å²) >= 11 is 0. The molecule has 0 aliphatic rings. The van der Waals surface area contributed by atoms with Crippen LogP contribution in [0, 0.1) is 0 Å². The molecule has 0 unspecified atom stereocenters. The Balaban J connectivity index is 3.27. The summed E-state index contributed by atoms with van der Waals surface area (Å²) in [6, 6.07) is 0. The van der Waals surface area contributed by atoms with Crippen molar-refractivity contribution in [1.82, 2.24) is 15.2 Å². The van der Waals surface area contributed by atoms with E-state index in [1.54, 1.807) is 0 Å². The van der Waals surface area contributed by atoms with Crippen molar-refractivity contribution in [3.63, 3.8) is 0 Å². The van der Waals surface area contributed by atoms with Crippen molar-refractivity contribution in [2.24, 2.45) is 0 Å². The zero-order valence-electron chi connectivity index (χ0n) is 6.40. The van der Waals surface area contributed by atoms with Crippen molar-refractivity contribution in [2.45, 2.75) is 0 Å². The lowest BCUT2D eigenvalue weighted by Crippen LogP contribution is -2.00. The maximum atomic E-state index is 10.2. The van der Waals surface area contributed by atoms with E-state index in [4.69, 9.17) is 0 Å². The molecule has 12 heavy (non-hydrogen) atoms. The molecule has 60 valence electrons. The van der Waals surface area contributed by atoms with Gasteiger partial charge in [-0.1, -0.05) is 13.2 Å². The van der Waals surface area contributed by atoms with Gasteiger partial charge in [-0.2, -0.15) is 0 Å². The molecule has 0 fully saturated rings. The molecule has 4 heteroatoms. The van der Waals surface area contributed by atoms with Crippen molar-refractivity contribution < 1.29 is 4.79 Å². The first-order chi connectivity index (χ1) is 5.81. The van der Waals surface area contributed by atoms with Gasteiger partial charge < -0.3 is 0 Å². The van der Waals surface area contributed by atoms with Gasteiger partial charge in [-0.25, -0.2) is 4.98 Å². The van der Waals surface area contributed by atoms with Crippen LogP contribution in [-0.4, -0.2) is 21.5 Å². The summed E-state index contributed by atoms with van der Waals surface area (Å²) in [6.07, 6.45) is 3.54. The third-order valence-corrected chi connectivity index (χ3v) is 1.25. The van der Waals surface area contributed by atoms with Crippen LogP contribution in [0.25, 0.3) is 12.2 Å². The molecular weight excluding hydrogens is 154 g/mol. The highest BCUT2D eigenvalue weighted by Crippen LogP contribution is 2.03. The zero-order valence-corrected chi connectivity index (χ0v) is 6.40. The summed E-state index contributed by atoms with van der Waals surface area (Å²) < 4.78 is 0. The lowest BCUT2D eigenvalue weighted by Gasteiger charge is -1.96. The molecule has 0 atom stereocenters. The maximum Gasteiger partial charge on any atom is 0.215 e. The number of carbonyl (C=O) groups is 1. The minimum atomic E-state index is 0.0514. The molecule has 0 amide bonds. The fraction of sp³-hybridized carbons (Fsp3) is 0. The first-order valence-electron chi connectivity index (χ1n) is 3.26. The highest BCUT2D eigenvalue weighted by Gasteiger charge is 2.01. The fourth-order valence-electron chi connectivity index (χ4n) is 0.705. The molecular formula is C8H7N3O. The highest BCUT2D eigenvalue weighted by atomic mass is 16.1. The average Bonchev–Trinajstić information content (AvgIpc) is 2.16. The molecule has 0 saturated carbocycles. The fourth-order valence-corrected chi connectivity index (χ4v) is 0.705. The number of aromatic nitrogens is 3. The number of aldehydes is 1. The van der Waals surface area contributed by atoms with E-state index in [0.29, 0.717) is 17.7 Å². The van der Waals surface area contributed by atoms with Crippen molar-refractivity contribution in [3.05, 3.63) is 30.4 Å². The number of carbonyl (C=O) groups excluding carboxylic acids is 1. The molecule has 4 nitrogen and oxygen atoms in total. The van der Waals surface area contributed by atoms with Gasteiger partial charge in [0.25, 0.3) is 0 Å². The number of rotatable bonds is 3. The Hall–Kier alpha value is -1.84. The quantitative estimate of drug-likeness (QED) is 0.620. The standard InChI is InChI=1S/C8H7N3O/c1-3-6-7(4-2)10-11-8(5-12)9-6/h3-5H,1-2H2. The third-order valence-electron chi connectivity index (χ3n) is 1.25. The van der Waals surface area contributed by atoms with E-state index >= 15 is 0 Å². The molecule has 0 spiro atoms. The molecule has 0 aromatic carbocycles. The first kappa shape index (κ1) is 8.26. The molecule has 0 bridgehead atoms. The van der Waals surface area contributed by atoms with E-state index in [9.17, 15) is 4.79 Å². The largest absolute Gasteiger partial charge is 0.294 e. The summed E-state index contributed by atoms with van der Waals surface area (Å²) in [5, 5.41) is 7.23. The number of nitrogens with zero attached hydrogens (tertiary/aromatic N) is 3. The van der Waals surface area contributed by atoms with E-state index in [1.165, 1.54) is 12.2 Å². The number of hydrogen-bond donors (Lipinski definition) is 0. The Bertz CT molecular complexity index is 333. The van der Waals surface area contributed by atoms with Crippen LogP contribution in [0.1, 0.15) is 22.0 Å². The Morgan fingerprint density at radius 2 is 1.75 bits per heavy atom. The van der Waals surface area contributed by atoms with Crippen LogP contribution < -0.4 is 0 Å². The summed E-state index contributed by atoms with van der Waals surface area (Å²) in [5.41, 5.74) is 1.04. The van der Waals surface area contributed by atoms with Crippen molar-refractivity contribution in [3.8, 4) is 0 Å². The second kappa shape index (κ2) is 3.52. The van der Waals surface area contributed by atoms with Crippen LogP contribution >= 0.6 is 0 Å². The molecule has 0 saturated heterocycles. The van der Waals surface area contributed by atoms with E-state index in [0.717, 1.165) is 0 Å². The molecule has 1 aromatic rings. The van der Waals surface area contributed by atoms with Gasteiger partial charge in [0.2, 0.25) is 5.82 Å². The predicted octanol–water partition coefficient (Wildman–Crippen LogP) is 0.970. The molecule has 1 aromatic heterocycles. The minimum Gasteiger partial charge on any atom is -0.294 e. The van der Waals surface area contributed by atoms with Gasteiger partial charge in [-0.3, -0.25) is 4.79 Å². The summed E-state index contributed by atoms with van der Waals surface area (Å²) in [7, 11) is 0. The van der Waals surface area contributed by atoms with E-state index < -0.39 is 0 Å². The Morgan fingerprint density at radius 3 is 2.25 bits per heavy atom. The minimum absolute atomic E-state index is 0.0514. The Kier molecular flexibility index (Phi) is 2.42. The van der Waals surface area contributed by atoms with Gasteiger partial charge in [0.15, 0.2) is 6.29 Å². The van der Waals surface area contributed by atoms with Crippen molar-refractivity contribution >= 4 is 18.4 Å². The van der Waals surface area contributed by atoms with Crippen LogP contribution in [0.5, 0.6) is 0 Å². The number of hydrogen-bond acceptors (Lipinski definition) is 4. The van der Waals surface area contributed by atoms with E-state index in [-0.39, 0.29) is 5.82 Å². The summed E-state index contributed by atoms with van der Waals surface area (Å²) in [6.45, 7) is 7.04. The van der Waals surface area contributed by atoms with Crippen LogP contribution in [-0.2, 0) is 0 Å². The van der Waals surface area contributed by atoms with Crippen LogP contribution in [0.4, 0.5) is 0 Å². The van der Waals surface area contributed by atoms with E-state index in [1.807, 2.05) is 0 Å². The molecule has 0 N–H and O–H groups in total. The lowest BCUT2D eigenvalue weighted by atomic mass is 10.3. The average molecular weight is 161 g/mol. The van der Waals surface area contributed by atoms with Crippen LogP contribution in [0.2, 0.25) is 0 Å². The van der Waals surface area contributed by atoms with Gasteiger partial charge in [0.1, 0.15) is 5.69 Å². The molecule has 0 radical (unpaired) electrons. The normalized spacial score (nSPS) is 9.00. The van der Waals surface area contributed by atoms with Gasteiger partial charge in [-0.15, -0.1) is 10.2 Å². The Labute approximate surface area is 69.7 Å². The highest BCUT2D eigenvalue weighted by molar-refractivity contribution is 5.69. The van der Waals surface area contributed by atoms with Crippen molar-refractivity contribution in [1.29, 1.82) is 0 Å². The van der Waals surface area contributed by atoms with Crippen molar-refractivity contribution in [2.75, 3.05) is 0 Å². The smallest absolute Gasteiger partial charge is 0.215 e. The molecule has 1 rings (SSSR count). The summed E-state index contributed by atoms with van der Waals surface area (Å²) in [5.74, 6) is 0.0514. The second-order valence-corrected chi connectivity index (χ2v) is 1.97. The first-order valence-corrected chi connectivity index (χ1v) is 3.26. The summed E-state index contributed by atoms with van der Waals surface area (Å²) in [4.78, 5) is 14.1.